The molecular weight excluding hydrogens is 272 g/mol. The number of para-hydroxylation sites is 1. The van der Waals surface area contributed by atoms with Gasteiger partial charge in [0.15, 0.2) is 0 Å². The van der Waals surface area contributed by atoms with Gasteiger partial charge in [0.25, 0.3) is 0 Å². The quantitative estimate of drug-likeness (QED) is 0.624. The highest BCUT2D eigenvalue weighted by atomic mass is 16.5. The van der Waals surface area contributed by atoms with Crippen LogP contribution in [-0.4, -0.2) is 45.2 Å². The summed E-state index contributed by atoms with van der Waals surface area (Å²) >= 11 is 0. The van der Waals surface area contributed by atoms with Gasteiger partial charge >= 0.3 is 0 Å². The Morgan fingerprint density at radius 1 is 1.05 bits per heavy atom. The Labute approximate surface area is 124 Å². The van der Waals surface area contributed by atoms with Crippen LogP contribution in [0.25, 0.3) is 0 Å². The highest BCUT2D eigenvalue weighted by Gasteiger charge is 2.05. The lowest BCUT2D eigenvalue weighted by Crippen LogP contribution is -2.37. The lowest BCUT2D eigenvalue weighted by molar-refractivity contribution is -0.126. The van der Waals surface area contributed by atoms with Crippen LogP contribution in [0.5, 0.6) is 5.75 Å². The molecule has 0 aliphatic heterocycles. The summed E-state index contributed by atoms with van der Waals surface area (Å²) in [6.45, 7) is 1.41. The maximum absolute atomic E-state index is 11.5. The van der Waals surface area contributed by atoms with E-state index in [9.17, 15) is 9.59 Å². The molecule has 116 valence electrons. The Balaban J connectivity index is 2.04. The molecule has 0 aliphatic carbocycles. The van der Waals surface area contributed by atoms with Crippen LogP contribution in [0.2, 0.25) is 0 Å². The number of benzene rings is 1. The second kappa shape index (κ2) is 10.7. The molecule has 2 amide bonds. The first-order valence-corrected chi connectivity index (χ1v) is 6.92. The third kappa shape index (κ3) is 8.65. The maximum atomic E-state index is 11.5. The van der Waals surface area contributed by atoms with Gasteiger partial charge in [-0.1, -0.05) is 18.2 Å². The zero-order valence-corrected chi connectivity index (χ0v) is 12.3. The number of hydrogen-bond acceptors (Lipinski definition) is 4. The molecule has 1 aromatic rings. The van der Waals surface area contributed by atoms with Crippen LogP contribution < -0.4 is 15.4 Å². The van der Waals surface area contributed by atoms with Crippen LogP contribution in [0.1, 0.15) is 12.8 Å². The summed E-state index contributed by atoms with van der Waals surface area (Å²) in [4.78, 5) is 22.9. The Hall–Kier alpha value is -2.08. The fraction of sp³-hybridized carbons (Fsp3) is 0.467. The van der Waals surface area contributed by atoms with Crippen molar-refractivity contribution < 1.29 is 19.1 Å². The molecule has 0 saturated carbocycles. The van der Waals surface area contributed by atoms with Crippen LogP contribution in [0.3, 0.4) is 0 Å². The average molecular weight is 294 g/mol. The fourth-order valence-electron chi connectivity index (χ4n) is 1.55. The van der Waals surface area contributed by atoms with Gasteiger partial charge in [-0.2, -0.15) is 0 Å². The summed E-state index contributed by atoms with van der Waals surface area (Å²) in [6, 6.07) is 9.27. The maximum Gasteiger partial charge on any atom is 0.239 e. The zero-order valence-electron chi connectivity index (χ0n) is 12.3. The number of ether oxygens (including phenoxy) is 2. The normalized spacial score (nSPS) is 9.95. The predicted molar refractivity (Wildman–Crippen MR) is 79.1 cm³/mol. The van der Waals surface area contributed by atoms with Crippen LogP contribution in [-0.2, 0) is 14.3 Å². The van der Waals surface area contributed by atoms with Gasteiger partial charge in [-0.3, -0.25) is 9.59 Å². The summed E-state index contributed by atoms with van der Waals surface area (Å²) in [5.41, 5.74) is 0. The van der Waals surface area contributed by atoms with Crippen LogP contribution >= 0.6 is 0 Å². The van der Waals surface area contributed by atoms with Gasteiger partial charge in [0, 0.05) is 20.3 Å². The van der Waals surface area contributed by atoms with Gasteiger partial charge in [0.2, 0.25) is 11.8 Å². The number of amides is 2. The van der Waals surface area contributed by atoms with E-state index in [-0.39, 0.29) is 31.4 Å². The number of rotatable bonds is 10. The molecule has 6 nitrogen and oxygen atoms in total. The minimum Gasteiger partial charge on any atom is -0.493 e. The van der Waals surface area contributed by atoms with E-state index in [4.69, 9.17) is 9.47 Å². The second-order valence-electron chi connectivity index (χ2n) is 4.38. The molecule has 1 rings (SSSR count). The third-order valence-electron chi connectivity index (χ3n) is 2.63. The molecule has 0 bridgehead atoms. The number of carbonyl (C=O) groups is 2. The molecular formula is C15H22N2O4. The summed E-state index contributed by atoms with van der Waals surface area (Å²) in [5.74, 6) is 0.308. The Kier molecular flexibility index (Phi) is 8.63. The van der Waals surface area contributed by atoms with Crippen molar-refractivity contribution in [3.05, 3.63) is 30.3 Å². The number of carbonyl (C=O) groups excluding carboxylic acids is 2. The highest BCUT2D eigenvalue weighted by molar-refractivity contribution is 5.84. The van der Waals surface area contributed by atoms with Crippen LogP contribution in [0.15, 0.2) is 30.3 Å². The van der Waals surface area contributed by atoms with Gasteiger partial charge in [-0.15, -0.1) is 0 Å². The summed E-state index contributed by atoms with van der Waals surface area (Å²) in [7, 11) is 1.61. The molecule has 2 N–H and O–H groups in total. The summed E-state index contributed by atoms with van der Waals surface area (Å²) in [6.07, 6.45) is 0.965. The van der Waals surface area contributed by atoms with E-state index in [1.54, 1.807) is 7.11 Å². The van der Waals surface area contributed by atoms with Crippen molar-refractivity contribution in [3.8, 4) is 5.75 Å². The molecule has 1 aromatic carbocycles. The van der Waals surface area contributed by atoms with Crippen molar-refractivity contribution in [1.29, 1.82) is 0 Å². The monoisotopic (exact) mass is 294 g/mol. The molecule has 0 fully saturated rings. The molecule has 0 heterocycles. The van der Waals surface area contributed by atoms with E-state index in [0.717, 1.165) is 12.2 Å². The smallest absolute Gasteiger partial charge is 0.239 e. The van der Waals surface area contributed by atoms with Gasteiger partial charge in [0.1, 0.15) is 5.75 Å². The Morgan fingerprint density at radius 2 is 1.81 bits per heavy atom. The first-order chi connectivity index (χ1) is 10.2. The Morgan fingerprint density at radius 3 is 2.52 bits per heavy atom. The molecule has 0 radical (unpaired) electrons. The van der Waals surface area contributed by atoms with Gasteiger partial charge < -0.3 is 20.1 Å². The molecule has 0 aliphatic rings. The minimum atomic E-state index is -0.210. The van der Waals surface area contributed by atoms with Crippen LogP contribution in [0.4, 0.5) is 0 Å². The lowest BCUT2D eigenvalue weighted by Gasteiger charge is -2.08. The first kappa shape index (κ1) is 17.0. The van der Waals surface area contributed by atoms with Crippen molar-refractivity contribution >= 4 is 11.8 Å². The molecule has 0 aromatic heterocycles. The summed E-state index contributed by atoms with van der Waals surface area (Å²) in [5, 5.41) is 5.24. The second-order valence-corrected chi connectivity index (χ2v) is 4.38. The fourth-order valence-corrected chi connectivity index (χ4v) is 1.55. The van der Waals surface area contributed by atoms with Crippen molar-refractivity contribution in [3.63, 3.8) is 0 Å². The summed E-state index contributed by atoms with van der Waals surface area (Å²) < 4.78 is 10.3. The molecule has 0 spiro atoms. The van der Waals surface area contributed by atoms with Gasteiger partial charge in [0.05, 0.1) is 19.6 Å². The van der Waals surface area contributed by atoms with Crippen molar-refractivity contribution in [1.82, 2.24) is 10.6 Å². The predicted octanol–water partition coefficient (Wildman–Crippen LogP) is 0.724. The molecule has 0 atom stereocenters. The molecule has 0 saturated heterocycles. The third-order valence-corrected chi connectivity index (χ3v) is 2.63. The SMILES string of the molecule is COCCCNC(=O)CNC(=O)CCOc1ccccc1. The number of methoxy groups -OCH3 is 1. The number of hydrogen-bond donors (Lipinski definition) is 2. The van der Waals surface area contributed by atoms with E-state index in [0.29, 0.717) is 13.2 Å². The topological polar surface area (TPSA) is 76.7 Å². The van der Waals surface area contributed by atoms with Crippen molar-refractivity contribution in [2.75, 3.05) is 33.4 Å². The van der Waals surface area contributed by atoms with E-state index in [2.05, 4.69) is 10.6 Å². The van der Waals surface area contributed by atoms with E-state index < -0.39 is 0 Å². The van der Waals surface area contributed by atoms with E-state index in [1.165, 1.54) is 0 Å². The Bertz CT molecular complexity index is 423. The molecule has 6 heteroatoms. The standard InChI is InChI=1S/C15H22N2O4/c1-20-10-5-9-16-15(19)12-17-14(18)8-11-21-13-6-3-2-4-7-13/h2-4,6-7H,5,8-12H2,1H3,(H,16,19)(H,17,18). The van der Waals surface area contributed by atoms with Crippen molar-refractivity contribution in [2.24, 2.45) is 0 Å². The minimum absolute atomic E-state index is 0.0167. The highest BCUT2D eigenvalue weighted by Crippen LogP contribution is 2.08. The molecule has 21 heavy (non-hydrogen) atoms. The number of nitrogens with one attached hydrogen (secondary N) is 2. The van der Waals surface area contributed by atoms with Crippen LogP contribution in [0, 0.1) is 0 Å². The van der Waals surface area contributed by atoms with E-state index >= 15 is 0 Å². The average Bonchev–Trinajstić information content (AvgIpc) is 2.50. The van der Waals surface area contributed by atoms with Gasteiger partial charge in [-0.25, -0.2) is 0 Å². The zero-order chi connectivity index (χ0) is 15.3. The molecule has 0 unspecified atom stereocenters. The van der Waals surface area contributed by atoms with E-state index in [1.807, 2.05) is 30.3 Å². The van der Waals surface area contributed by atoms with Crippen molar-refractivity contribution in [2.45, 2.75) is 12.8 Å². The first-order valence-electron chi connectivity index (χ1n) is 6.92. The van der Waals surface area contributed by atoms with Gasteiger partial charge in [-0.05, 0) is 18.6 Å². The lowest BCUT2D eigenvalue weighted by atomic mass is 10.3. The largest absolute Gasteiger partial charge is 0.493 e.